The highest BCUT2D eigenvalue weighted by Gasteiger charge is 2.09. The topological polar surface area (TPSA) is 39.1 Å². The molecule has 0 bridgehead atoms. The summed E-state index contributed by atoms with van der Waals surface area (Å²) in [5.74, 6) is 0.870. The van der Waals surface area contributed by atoms with Gasteiger partial charge in [-0.2, -0.15) is 0 Å². The molecule has 1 aromatic carbocycles. The van der Waals surface area contributed by atoms with Gasteiger partial charge in [-0.15, -0.1) is 0 Å². The normalized spacial score (nSPS) is 10.8. The fourth-order valence-corrected chi connectivity index (χ4v) is 2.50. The first-order chi connectivity index (χ1) is 9.51. The fraction of sp³-hybridized carbons (Fsp3) is 0.438. The molecule has 0 spiro atoms. The lowest BCUT2D eigenvalue weighted by molar-refractivity contribution is 0.188. The van der Waals surface area contributed by atoms with Crippen molar-refractivity contribution >= 4 is 11.6 Å². The van der Waals surface area contributed by atoms with E-state index in [4.69, 9.17) is 4.74 Å². The number of anilines is 2. The van der Waals surface area contributed by atoms with E-state index in [0.29, 0.717) is 6.61 Å². The van der Waals surface area contributed by atoms with Gasteiger partial charge in [0.1, 0.15) is 0 Å². The number of aryl methyl sites for hydroxylation is 4. The van der Waals surface area contributed by atoms with Crippen molar-refractivity contribution < 1.29 is 4.74 Å². The van der Waals surface area contributed by atoms with Crippen LogP contribution in [-0.2, 0) is 11.3 Å². The molecule has 108 valence electrons. The predicted octanol–water partition coefficient (Wildman–Crippen LogP) is 3.51. The largest absolute Gasteiger partial charge is 0.383 e. The van der Waals surface area contributed by atoms with Crippen LogP contribution >= 0.6 is 0 Å². The van der Waals surface area contributed by atoms with Crippen LogP contribution in [0.3, 0.4) is 0 Å². The van der Waals surface area contributed by atoms with Gasteiger partial charge in [0.2, 0.25) is 5.95 Å². The van der Waals surface area contributed by atoms with E-state index in [1.165, 1.54) is 16.7 Å². The minimum atomic E-state index is 0.677. The molecule has 4 heteroatoms. The molecular weight excluding hydrogens is 250 g/mol. The molecule has 0 fully saturated rings. The summed E-state index contributed by atoms with van der Waals surface area (Å²) < 4.78 is 7.24. The Morgan fingerprint density at radius 2 is 1.80 bits per heavy atom. The van der Waals surface area contributed by atoms with E-state index in [9.17, 15) is 0 Å². The summed E-state index contributed by atoms with van der Waals surface area (Å²) in [5.41, 5.74) is 5.90. The van der Waals surface area contributed by atoms with Crippen LogP contribution in [0.2, 0.25) is 0 Å². The Morgan fingerprint density at radius 1 is 1.15 bits per heavy atom. The highest BCUT2D eigenvalue weighted by Crippen LogP contribution is 2.25. The van der Waals surface area contributed by atoms with Crippen molar-refractivity contribution in [3.8, 4) is 0 Å². The molecule has 0 atom stereocenters. The second kappa shape index (κ2) is 6.09. The van der Waals surface area contributed by atoms with Crippen LogP contribution in [0.1, 0.15) is 22.4 Å². The Labute approximate surface area is 120 Å². The molecule has 0 aliphatic heterocycles. The van der Waals surface area contributed by atoms with E-state index in [2.05, 4.69) is 47.8 Å². The molecular formula is C16H23N3O. The van der Waals surface area contributed by atoms with Crippen molar-refractivity contribution in [2.75, 3.05) is 19.0 Å². The molecule has 1 aromatic heterocycles. The average Bonchev–Trinajstić information content (AvgIpc) is 2.71. The minimum absolute atomic E-state index is 0.677. The Balaban J connectivity index is 2.30. The molecule has 0 saturated carbocycles. The molecule has 0 amide bonds. The summed E-state index contributed by atoms with van der Waals surface area (Å²) in [5, 5.41) is 3.46. The maximum Gasteiger partial charge on any atom is 0.207 e. The van der Waals surface area contributed by atoms with Crippen molar-refractivity contribution in [2.45, 2.75) is 34.2 Å². The molecule has 1 N–H and O–H groups in total. The number of nitrogens with zero attached hydrogens (tertiary/aromatic N) is 2. The van der Waals surface area contributed by atoms with Gasteiger partial charge in [0.15, 0.2) is 0 Å². The van der Waals surface area contributed by atoms with E-state index >= 15 is 0 Å². The summed E-state index contributed by atoms with van der Waals surface area (Å²) in [6.07, 6.45) is 2.04. The highest BCUT2D eigenvalue weighted by molar-refractivity contribution is 5.64. The number of benzene rings is 1. The van der Waals surface area contributed by atoms with Crippen molar-refractivity contribution in [1.29, 1.82) is 0 Å². The van der Waals surface area contributed by atoms with Crippen molar-refractivity contribution in [3.63, 3.8) is 0 Å². The standard InChI is InChI=1S/C16H23N3O/c1-11-8-12(2)15(13(3)9-11)18-16-17-14(4)10-19(16)6-7-20-5/h8-10H,6-7H2,1-5H3,(H,17,18). The van der Waals surface area contributed by atoms with Gasteiger partial charge in [-0.25, -0.2) is 4.98 Å². The Kier molecular flexibility index (Phi) is 4.45. The van der Waals surface area contributed by atoms with Crippen LogP contribution in [0, 0.1) is 27.7 Å². The zero-order chi connectivity index (χ0) is 14.7. The maximum absolute atomic E-state index is 5.15. The number of hydrogen-bond donors (Lipinski definition) is 1. The molecule has 0 unspecified atom stereocenters. The Bertz CT molecular complexity index is 579. The molecule has 0 aliphatic carbocycles. The van der Waals surface area contributed by atoms with Gasteiger partial charge < -0.3 is 14.6 Å². The predicted molar refractivity (Wildman–Crippen MR) is 82.8 cm³/mol. The first kappa shape index (κ1) is 14.6. The Morgan fingerprint density at radius 3 is 2.40 bits per heavy atom. The van der Waals surface area contributed by atoms with E-state index in [1.54, 1.807) is 7.11 Å². The van der Waals surface area contributed by atoms with Crippen LogP contribution in [0.5, 0.6) is 0 Å². The summed E-state index contributed by atoms with van der Waals surface area (Å²) in [4.78, 5) is 4.56. The maximum atomic E-state index is 5.15. The lowest BCUT2D eigenvalue weighted by Crippen LogP contribution is -2.08. The smallest absolute Gasteiger partial charge is 0.207 e. The van der Waals surface area contributed by atoms with Crippen LogP contribution in [0.25, 0.3) is 0 Å². The van der Waals surface area contributed by atoms with E-state index < -0.39 is 0 Å². The SMILES string of the molecule is COCCn1cc(C)nc1Nc1c(C)cc(C)cc1C. The third-order valence-electron chi connectivity index (χ3n) is 3.35. The quantitative estimate of drug-likeness (QED) is 0.906. The number of imidazole rings is 1. The Hall–Kier alpha value is -1.81. The van der Waals surface area contributed by atoms with Crippen LogP contribution in [0.4, 0.5) is 11.6 Å². The first-order valence-corrected chi connectivity index (χ1v) is 6.89. The zero-order valence-corrected chi connectivity index (χ0v) is 12.9. The monoisotopic (exact) mass is 273 g/mol. The summed E-state index contributed by atoms with van der Waals surface area (Å²) in [7, 11) is 1.71. The van der Waals surface area contributed by atoms with Crippen LogP contribution < -0.4 is 5.32 Å². The van der Waals surface area contributed by atoms with Crippen LogP contribution in [-0.4, -0.2) is 23.3 Å². The molecule has 1 heterocycles. The molecule has 4 nitrogen and oxygen atoms in total. The summed E-state index contributed by atoms with van der Waals surface area (Å²) in [6.45, 7) is 9.84. The lowest BCUT2D eigenvalue weighted by atomic mass is 10.1. The number of ether oxygens (including phenoxy) is 1. The van der Waals surface area contributed by atoms with Gasteiger partial charge in [0.05, 0.1) is 12.3 Å². The highest BCUT2D eigenvalue weighted by atomic mass is 16.5. The number of rotatable bonds is 5. The number of nitrogens with one attached hydrogen (secondary N) is 1. The fourth-order valence-electron chi connectivity index (χ4n) is 2.50. The molecule has 2 rings (SSSR count). The van der Waals surface area contributed by atoms with Gasteiger partial charge in [0.25, 0.3) is 0 Å². The summed E-state index contributed by atoms with van der Waals surface area (Å²) in [6, 6.07) is 4.37. The number of aromatic nitrogens is 2. The van der Waals surface area contributed by atoms with Gasteiger partial charge in [-0.05, 0) is 38.8 Å². The lowest BCUT2D eigenvalue weighted by Gasteiger charge is -2.14. The second-order valence-electron chi connectivity index (χ2n) is 5.29. The van der Waals surface area contributed by atoms with Gasteiger partial charge >= 0.3 is 0 Å². The molecule has 20 heavy (non-hydrogen) atoms. The third kappa shape index (κ3) is 3.20. The third-order valence-corrected chi connectivity index (χ3v) is 3.35. The van der Waals surface area contributed by atoms with Gasteiger partial charge in [0, 0.05) is 25.5 Å². The van der Waals surface area contributed by atoms with E-state index in [1.807, 2.05) is 13.1 Å². The van der Waals surface area contributed by atoms with Gasteiger partial charge in [-0.1, -0.05) is 17.7 Å². The molecule has 0 saturated heterocycles. The van der Waals surface area contributed by atoms with Crippen molar-refractivity contribution in [3.05, 3.63) is 40.7 Å². The zero-order valence-electron chi connectivity index (χ0n) is 12.9. The van der Waals surface area contributed by atoms with Gasteiger partial charge in [-0.3, -0.25) is 0 Å². The number of hydrogen-bond acceptors (Lipinski definition) is 3. The number of methoxy groups -OCH3 is 1. The van der Waals surface area contributed by atoms with E-state index in [0.717, 1.165) is 23.9 Å². The molecule has 0 aliphatic rings. The molecule has 0 radical (unpaired) electrons. The second-order valence-corrected chi connectivity index (χ2v) is 5.29. The molecule has 2 aromatic rings. The summed E-state index contributed by atoms with van der Waals surface area (Å²) >= 11 is 0. The van der Waals surface area contributed by atoms with Crippen molar-refractivity contribution in [2.24, 2.45) is 0 Å². The minimum Gasteiger partial charge on any atom is -0.383 e. The first-order valence-electron chi connectivity index (χ1n) is 6.89. The van der Waals surface area contributed by atoms with Crippen LogP contribution in [0.15, 0.2) is 18.3 Å². The van der Waals surface area contributed by atoms with E-state index in [-0.39, 0.29) is 0 Å². The van der Waals surface area contributed by atoms with Crippen molar-refractivity contribution in [1.82, 2.24) is 9.55 Å². The average molecular weight is 273 g/mol.